The van der Waals surface area contributed by atoms with E-state index in [1.807, 2.05) is 0 Å². The zero-order chi connectivity index (χ0) is 8.44. The summed E-state index contributed by atoms with van der Waals surface area (Å²) >= 11 is 0. The van der Waals surface area contributed by atoms with Crippen molar-refractivity contribution in [1.29, 1.82) is 0 Å². The molecular formula is C11H19N. The van der Waals surface area contributed by atoms with Gasteiger partial charge < -0.3 is 5.73 Å². The van der Waals surface area contributed by atoms with Crippen LogP contribution in [0.25, 0.3) is 0 Å². The summed E-state index contributed by atoms with van der Waals surface area (Å²) in [5.74, 6) is 0. The Labute approximate surface area is 75.0 Å². The lowest BCUT2D eigenvalue weighted by atomic mass is 9.65. The molecule has 1 unspecified atom stereocenters. The zero-order valence-corrected chi connectivity index (χ0v) is 7.81. The van der Waals surface area contributed by atoms with Crippen LogP contribution < -0.4 is 5.73 Å². The van der Waals surface area contributed by atoms with E-state index in [2.05, 4.69) is 6.08 Å². The molecule has 2 N–H and O–H groups in total. The van der Waals surface area contributed by atoms with Gasteiger partial charge in [-0.1, -0.05) is 18.1 Å². The maximum absolute atomic E-state index is 5.91. The van der Waals surface area contributed by atoms with Crippen LogP contribution in [0.15, 0.2) is 11.6 Å². The number of allylic oxidation sites excluding steroid dienone is 1. The third kappa shape index (κ3) is 1.20. The first kappa shape index (κ1) is 8.31. The Morgan fingerprint density at radius 2 is 2.08 bits per heavy atom. The zero-order valence-electron chi connectivity index (χ0n) is 7.81. The summed E-state index contributed by atoms with van der Waals surface area (Å²) in [6.07, 6.45) is 12.0. The van der Waals surface area contributed by atoms with Gasteiger partial charge in [0.2, 0.25) is 0 Å². The van der Waals surface area contributed by atoms with Gasteiger partial charge in [-0.3, -0.25) is 0 Å². The first-order chi connectivity index (χ1) is 5.87. The van der Waals surface area contributed by atoms with Crippen molar-refractivity contribution in [3.8, 4) is 0 Å². The molecule has 0 aromatic carbocycles. The van der Waals surface area contributed by atoms with Gasteiger partial charge in [-0.2, -0.15) is 0 Å². The lowest BCUT2D eigenvalue weighted by molar-refractivity contribution is 0.244. The van der Waals surface area contributed by atoms with Gasteiger partial charge >= 0.3 is 0 Å². The predicted octanol–water partition coefficient (Wildman–Crippen LogP) is 2.62. The fraction of sp³-hybridized carbons (Fsp3) is 0.818. The standard InChI is InChI=1S/C11H19N/c12-9-11-7-3-1-5-10(11)6-2-4-8-11/h5H,1-4,6-9,12H2. The van der Waals surface area contributed by atoms with E-state index in [9.17, 15) is 0 Å². The monoisotopic (exact) mass is 165 g/mol. The van der Waals surface area contributed by atoms with Crippen molar-refractivity contribution in [2.75, 3.05) is 6.54 Å². The SMILES string of the molecule is NCC12CCCC=C1CCCC2. The fourth-order valence-electron chi connectivity index (χ4n) is 2.86. The van der Waals surface area contributed by atoms with Crippen molar-refractivity contribution in [2.45, 2.75) is 44.9 Å². The van der Waals surface area contributed by atoms with Crippen molar-refractivity contribution >= 4 is 0 Å². The molecule has 68 valence electrons. The highest BCUT2D eigenvalue weighted by atomic mass is 14.6. The largest absolute Gasteiger partial charge is 0.330 e. The molecule has 0 spiro atoms. The molecule has 0 radical (unpaired) electrons. The normalized spacial score (nSPS) is 35.6. The maximum Gasteiger partial charge on any atom is 0.00346 e. The van der Waals surface area contributed by atoms with E-state index in [0.29, 0.717) is 5.41 Å². The van der Waals surface area contributed by atoms with E-state index < -0.39 is 0 Å². The van der Waals surface area contributed by atoms with Crippen LogP contribution >= 0.6 is 0 Å². The van der Waals surface area contributed by atoms with Crippen molar-refractivity contribution in [1.82, 2.24) is 0 Å². The highest BCUT2D eigenvalue weighted by Crippen LogP contribution is 2.46. The molecule has 2 aliphatic rings. The quantitative estimate of drug-likeness (QED) is 0.594. The molecule has 0 aromatic rings. The molecule has 0 aromatic heterocycles. The molecule has 1 nitrogen and oxygen atoms in total. The van der Waals surface area contributed by atoms with Crippen LogP contribution in [0, 0.1) is 5.41 Å². The number of fused-ring (bicyclic) bond motifs is 1. The maximum atomic E-state index is 5.91. The molecule has 12 heavy (non-hydrogen) atoms. The van der Waals surface area contributed by atoms with E-state index in [0.717, 1.165) is 6.54 Å². The highest BCUT2D eigenvalue weighted by Gasteiger charge is 2.35. The van der Waals surface area contributed by atoms with Crippen LogP contribution in [-0.2, 0) is 0 Å². The highest BCUT2D eigenvalue weighted by molar-refractivity contribution is 5.20. The molecule has 0 aliphatic heterocycles. The van der Waals surface area contributed by atoms with Crippen LogP contribution in [0.4, 0.5) is 0 Å². The van der Waals surface area contributed by atoms with Gasteiger partial charge in [-0.15, -0.1) is 0 Å². The first-order valence-electron chi connectivity index (χ1n) is 5.27. The lowest BCUT2D eigenvalue weighted by Gasteiger charge is -2.41. The van der Waals surface area contributed by atoms with Crippen molar-refractivity contribution in [2.24, 2.45) is 11.1 Å². The Morgan fingerprint density at radius 1 is 1.25 bits per heavy atom. The Balaban J connectivity index is 2.23. The van der Waals surface area contributed by atoms with Gasteiger partial charge in [-0.25, -0.2) is 0 Å². The summed E-state index contributed by atoms with van der Waals surface area (Å²) in [7, 11) is 0. The van der Waals surface area contributed by atoms with Crippen LogP contribution in [0.2, 0.25) is 0 Å². The molecule has 1 saturated carbocycles. The third-order valence-electron chi connectivity index (χ3n) is 3.67. The average molecular weight is 165 g/mol. The van der Waals surface area contributed by atoms with Gasteiger partial charge in [0.05, 0.1) is 0 Å². The van der Waals surface area contributed by atoms with Gasteiger partial charge in [0, 0.05) is 12.0 Å². The van der Waals surface area contributed by atoms with E-state index in [1.165, 1.54) is 44.9 Å². The van der Waals surface area contributed by atoms with Crippen LogP contribution in [0.3, 0.4) is 0 Å². The average Bonchev–Trinajstić information content (AvgIpc) is 2.18. The summed E-state index contributed by atoms with van der Waals surface area (Å²) in [5.41, 5.74) is 8.06. The Morgan fingerprint density at radius 3 is 2.83 bits per heavy atom. The topological polar surface area (TPSA) is 26.0 Å². The summed E-state index contributed by atoms with van der Waals surface area (Å²) in [4.78, 5) is 0. The van der Waals surface area contributed by atoms with E-state index in [1.54, 1.807) is 5.57 Å². The lowest BCUT2D eigenvalue weighted by Crippen LogP contribution is -2.36. The van der Waals surface area contributed by atoms with Crippen molar-refractivity contribution in [3.05, 3.63) is 11.6 Å². The Kier molecular flexibility index (Phi) is 2.22. The molecule has 0 bridgehead atoms. The second-order valence-corrected chi connectivity index (χ2v) is 4.31. The second kappa shape index (κ2) is 3.21. The van der Waals surface area contributed by atoms with E-state index >= 15 is 0 Å². The molecule has 2 rings (SSSR count). The molecule has 0 heterocycles. The summed E-state index contributed by atoms with van der Waals surface area (Å²) in [6.45, 7) is 0.888. The molecule has 1 fully saturated rings. The fourth-order valence-corrected chi connectivity index (χ4v) is 2.86. The molecule has 1 atom stereocenters. The first-order valence-corrected chi connectivity index (χ1v) is 5.27. The Bertz CT molecular complexity index is 195. The van der Waals surface area contributed by atoms with Gasteiger partial charge in [0.1, 0.15) is 0 Å². The minimum atomic E-state index is 0.455. The Hall–Kier alpha value is -0.300. The van der Waals surface area contributed by atoms with Gasteiger partial charge in [-0.05, 0) is 38.5 Å². The third-order valence-corrected chi connectivity index (χ3v) is 3.67. The van der Waals surface area contributed by atoms with Crippen molar-refractivity contribution in [3.63, 3.8) is 0 Å². The number of nitrogens with two attached hydrogens (primary N) is 1. The molecule has 0 amide bonds. The smallest absolute Gasteiger partial charge is 0.00346 e. The number of hydrogen-bond acceptors (Lipinski definition) is 1. The van der Waals surface area contributed by atoms with E-state index in [4.69, 9.17) is 5.73 Å². The molecule has 0 saturated heterocycles. The molecule has 2 aliphatic carbocycles. The second-order valence-electron chi connectivity index (χ2n) is 4.31. The summed E-state index contributed by atoms with van der Waals surface area (Å²) in [5, 5.41) is 0. The molecular weight excluding hydrogens is 146 g/mol. The number of rotatable bonds is 1. The van der Waals surface area contributed by atoms with E-state index in [-0.39, 0.29) is 0 Å². The summed E-state index contributed by atoms with van der Waals surface area (Å²) in [6, 6.07) is 0. The van der Waals surface area contributed by atoms with Crippen LogP contribution in [0.5, 0.6) is 0 Å². The minimum absolute atomic E-state index is 0.455. The van der Waals surface area contributed by atoms with Gasteiger partial charge in [0.15, 0.2) is 0 Å². The summed E-state index contributed by atoms with van der Waals surface area (Å²) < 4.78 is 0. The van der Waals surface area contributed by atoms with Crippen LogP contribution in [-0.4, -0.2) is 6.54 Å². The predicted molar refractivity (Wildman–Crippen MR) is 51.9 cm³/mol. The van der Waals surface area contributed by atoms with Gasteiger partial charge in [0.25, 0.3) is 0 Å². The van der Waals surface area contributed by atoms with Crippen molar-refractivity contribution < 1.29 is 0 Å². The van der Waals surface area contributed by atoms with Crippen LogP contribution in [0.1, 0.15) is 44.9 Å². The molecule has 1 heteroatoms. The minimum Gasteiger partial charge on any atom is -0.330 e. The number of hydrogen-bond donors (Lipinski definition) is 1.